The third kappa shape index (κ3) is 3.89. The maximum absolute atomic E-state index is 12.4. The summed E-state index contributed by atoms with van der Waals surface area (Å²) in [6, 6.07) is -0.184. The van der Waals surface area contributed by atoms with Gasteiger partial charge in [0.1, 0.15) is 5.54 Å². The van der Waals surface area contributed by atoms with Crippen molar-refractivity contribution in [1.82, 2.24) is 10.2 Å². The average molecular weight is 296 g/mol. The number of nitrogens with zero attached hydrogens (tertiary/aromatic N) is 1. The zero-order valence-corrected chi connectivity index (χ0v) is 13.1. The van der Waals surface area contributed by atoms with E-state index in [4.69, 9.17) is 0 Å². The molecule has 120 valence electrons. The zero-order valence-electron chi connectivity index (χ0n) is 13.1. The molecule has 5 nitrogen and oxygen atoms in total. The van der Waals surface area contributed by atoms with Gasteiger partial charge in [-0.2, -0.15) is 0 Å². The molecule has 1 saturated heterocycles. The van der Waals surface area contributed by atoms with Gasteiger partial charge in [0.25, 0.3) is 0 Å². The van der Waals surface area contributed by atoms with Crippen molar-refractivity contribution < 1.29 is 14.7 Å². The van der Waals surface area contributed by atoms with E-state index < -0.39 is 11.5 Å². The second-order valence-electron chi connectivity index (χ2n) is 6.60. The molecular weight excluding hydrogens is 268 g/mol. The number of carboxylic acids is 1. The molecule has 5 heteroatoms. The minimum atomic E-state index is -1.02. The summed E-state index contributed by atoms with van der Waals surface area (Å²) in [6.07, 6.45) is 8.55. The van der Waals surface area contributed by atoms with Crippen LogP contribution in [0.1, 0.15) is 64.7 Å². The van der Waals surface area contributed by atoms with Gasteiger partial charge in [-0.05, 0) is 38.0 Å². The fourth-order valence-corrected chi connectivity index (χ4v) is 3.72. The second-order valence-corrected chi connectivity index (χ2v) is 6.60. The quantitative estimate of drug-likeness (QED) is 0.838. The van der Waals surface area contributed by atoms with E-state index in [0.717, 1.165) is 38.8 Å². The normalized spacial score (nSPS) is 25.4. The highest BCUT2D eigenvalue weighted by Gasteiger charge is 2.43. The lowest BCUT2D eigenvalue weighted by atomic mass is 9.96. The van der Waals surface area contributed by atoms with E-state index in [0.29, 0.717) is 18.8 Å². The Labute approximate surface area is 127 Å². The topological polar surface area (TPSA) is 69.6 Å². The van der Waals surface area contributed by atoms with E-state index in [9.17, 15) is 14.7 Å². The number of hydrogen-bond donors (Lipinski definition) is 2. The largest absolute Gasteiger partial charge is 0.480 e. The fraction of sp³-hybridized carbons (Fsp3) is 0.875. The lowest BCUT2D eigenvalue weighted by Crippen LogP contribution is -2.56. The Morgan fingerprint density at radius 2 is 1.90 bits per heavy atom. The highest BCUT2D eigenvalue weighted by molar-refractivity contribution is 5.86. The van der Waals surface area contributed by atoms with Crippen LogP contribution in [0.15, 0.2) is 0 Å². The summed E-state index contributed by atoms with van der Waals surface area (Å²) in [4.78, 5) is 25.8. The van der Waals surface area contributed by atoms with Gasteiger partial charge in [0.15, 0.2) is 0 Å². The van der Waals surface area contributed by atoms with Crippen molar-refractivity contribution in [2.24, 2.45) is 5.92 Å². The van der Waals surface area contributed by atoms with Gasteiger partial charge in [-0.1, -0.05) is 32.6 Å². The third-order valence-electron chi connectivity index (χ3n) is 5.04. The Morgan fingerprint density at radius 1 is 1.19 bits per heavy atom. The van der Waals surface area contributed by atoms with Crippen LogP contribution < -0.4 is 5.32 Å². The maximum Gasteiger partial charge on any atom is 0.329 e. The van der Waals surface area contributed by atoms with E-state index in [2.05, 4.69) is 12.2 Å². The minimum Gasteiger partial charge on any atom is -0.480 e. The van der Waals surface area contributed by atoms with Crippen LogP contribution in [0, 0.1) is 5.92 Å². The summed E-state index contributed by atoms with van der Waals surface area (Å²) >= 11 is 0. The Morgan fingerprint density at radius 3 is 2.52 bits per heavy atom. The molecule has 1 heterocycles. The van der Waals surface area contributed by atoms with Crippen molar-refractivity contribution in [2.45, 2.75) is 70.3 Å². The van der Waals surface area contributed by atoms with Crippen LogP contribution in [0.25, 0.3) is 0 Å². The van der Waals surface area contributed by atoms with Crippen molar-refractivity contribution in [2.75, 3.05) is 13.1 Å². The summed E-state index contributed by atoms with van der Waals surface area (Å²) in [7, 11) is 0. The molecule has 1 aliphatic heterocycles. The molecule has 2 rings (SSSR count). The molecular formula is C16H28N2O3. The first-order chi connectivity index (χ1) is 10.1. The Balaban J connectivity index is 1.92. The summed E-state index contributed by atoms with van der Waals surface area (Å²) in [5, 5.41) is 12.3. The minimum absolute atomic E-state index is 0.184. The molecule has 1 aliphatic carbocycles. The monoisotopic (exact) mass is 296 g/mol. The first-order valence-corrected chi connectivity index (χ1v) is 8.38. The summed E-state index contributed by atoms with van der Waals surface area (Å²) in [6.45, 7) is 3.71. The fourth-order valence-electron chi connectivity index (χ4n) is 3.72. The number of likely N-dealkylation sites (tertiary alicyclic amines) is 1. The van der Waals surface area contributed by atoms with Crippen molar-refractivity contribution in [3.8, 4) is 0 Å². The molecule has 0 aromatic rings. The second kappa shape index (κ2) is 7.14. The van der Waals surface area contributed by atoms with Crippen LogP contribution in [0.2, 0.25) is 0 Å². The van der Waals surface area contributed by atoms with Gasteiger partial charge in [-0.15, -0.1) is 0 Å². The van der Waals surface area contributed by atoms with Crippen molar-refractivity contribution in [3.05, 3.63) is 0 Å². The van der Waals surface area contributed by atoms with Crippen molar-refractivity contribution >= 4 is 12.0 Å². The van der Waals surface area contributed by atoms with E-state index in [1.165, 1.54) is 19.3 Å². The molecule has 0 radical (unpaired) electrons. The lowest BCUT2D eigenvalue weighted by molar-refractivity contribution is -0.144. The van der Waals surface area contributed by atoms with E-state index in [1.54, 1.807) is 0 Å². The van der Waals surface area contributed by atoms with Crippen LogP contribution in [-0.4, -0.2) is 40.6 Å². The van der Waals surface area contributed by atoms with E-state index in [1.807, 2.05) is 4.90 Å². The molecule has 2 amide bonds. The van der Waals surface area contributed by atoms with Crippen LogP contribution in [0.4, 0.5) is 4.79 Å². The molecule has 2 aliphatic rings. The number of nitrogens with one attached hydrogen (secondary N) is 1. The number of amides is 2. The SMILES string of the molecule is CCCC1CCCN(C(=O)NC2(C(=O)O)CCCC2)CC1. The van der Waals surface area contributed by atoms with Crippen LogP contribution in [0.3, 0.4) is 0 Å². The van der Waals surface area contributed by atoms with Crippen LogP contribution in [0.5, 0.6) is 0 Å². The first kappa shape index (κ1) is 16.1. The molecule has 0 bridgehead atoms. The molecule has 2 fully saturated rings. The van der Waals surface area contributed by atoms with Crippen LogP contribution in [-0.2, 0) is 4.79 Å². The molecule has 1 atom stereocenters. The number of aliphatic carboxylic acids is 1. The average Bonchev–Trinajstić information content (AvgIpc) is 2.79. The number of carbonyl (C=O) groups excluding carboxylic acids is 1. The summed E-state index contributed by atoms with van der Waals surface area (Å²) < 4.78 is 0. The van der Waals surface area contributed by atoms with Crippen molar-refractivity contribution in [1.29, 1.82) is 0 Å². The van der Waals surface area contributed by atoms with Crippen LogP contribution >= 0.6 is 0 Å². The van der Waals surface area contributed by atoms with Gasteiger partial charge < -0.3 is 15.3 Å². The Kier molecular flexibility index (Phi) is 5.48. The predicted octanol–water partition coefficient (Wildman–Crippen LogP) is 3.00. The lowest BCUT2D eigenvalue weighted by Gasteiger charge is -2.30. The number of carbonyl (C=O) groups is 2. The number of urea groups is 1. The predicted molar refractivity (Wildman–Crippen MR) is 81.2 cm³/mol. The van der Waals surface area contributed by atoms with Gasteiger partial charge in [-0.3, -0.25) is 0 Å². The van der Waals surface area contributed by atoms with Crippen molar-refractivity contribution in [3.63, 3.8) is 0 Å². The highest BCUT2D eigenvalue weighted by Crippen LogP contribution is 2.30. The standard InChI is InChI=1S/C16H28N2O3/c1-2-6-13-7-5-11-18(12-8-13)15(21)17-16(14(19)20)9-3-4-10-16/h13H,2-12H2,1H3,(H,17,21)(H,19,20). The van der Waals surface area contributed by atoms with Gasteiger partial charge in [0, 0.05) is 13.1 Å². The van der Waals surface area contributed by atoms with Gasteiger partial charge in [0.2, 0.25) is 0 Å². The molecule has 0 spiro atoms. The molecule has 0 aromatic carbocycles. The molecule has 1 unspecified atom stereocenters. The highest BCUT2D eigenvalue weighted by atomic mass is 16.4. The number of carboxylic acid groups (broad SMARTS) is 1. The van der Waals surface area contributed by atoms with E-state index >= 15 is 0 Å². The maximum atomic E-state index is 12.4. The molecule has 0 aromatic heterocycles. The Hall–Kier alpha value is -1.26. The molecule has 1 saturated carbocycles. The number of rotatable bonds is 4. The van der Waals surface area contributed by atoms with E-state index in [-0.39, 0.29) is 6.03 Å². The molecule has 2 N–H and O–H groups in total. The number of hydrogen-bond acceptors (Lipinski definition) is 2. The van der Waals surface area contributed by atoms with Gasteiger partial charge in [-0.25, -0.2) is 9.59 Å². The van der Waals surface area contributed by atoms with Gasteiger partial charge in [0.05, 0.1) is 0 Å². The smallest absolute Gasteiger partial charge is 0.329 e. The first-order valence-electron chi connectivity index (χ1n) is 8.38. The zero-order chi connectivity index (χ0) is 15.3. The summed E-state index contributed by atoms with van der Waals surface area (Å²) in [5.41, 5.74) is -1.02. The molecule has 21 heavy (non-hydrogen) atoms. The Bertz CT molecular complexity index is 378. The summed E-state index contributed by atoms with van der Waals surface area (Å²) in [5.74, 6) is -0.167. The third-order valence-corrected chi connectivity index (χ3v) is 5.04. The van der Waals surface area contributed by atoms with Gasteiger partial charge >= 0.3 is 12.0 Å².